The summed E-state index contributed by atoms with van der Waals surface area (Å²) in [7, 11) is 0. The number of carbonyl (C=O) groups is 1. The molecule has 1 saturated carbocycles. The minimum Gasteiger partial charge on any atom is -0.358 e. The van der Waals surface area contributed by atoms with Crippen LogP contribution >= 0.6 is 0 Å². The van der Waals surface area contributed by atoms with Gasteiger partial charge in [0.05, 0.1) is 5.54 Å². The van der Waals surface area contributed by atoms with E-state index >= 15 is 0 Å². The molecule has 0 saturated heterocycles. The highest BCUT2D eigenvalue weighted by atomic mass is 16.1. The second-order valence-corrected chi connectivity index (χ2v) is 6.49. The van der Waals surface area contributed by atoms with Crippen LogP contribution in [0.5, 0.6) is 0 Å². The summed E-state index contributed by atoms with van der Waals surface area (Å²) in [5.41, 5.74) is 9.71. The third-order valence-corrected chi connectivity index (χ3v) is 4.87. The second-order valence-electron chi connectivity index (χ2n) is 6.49. The van der Waals surface area contributed by atoms with E-state index in [1.165, 1.54) is 5.56 Å². The molecule has 1 atom stereocenters. The van der Waals surface area contributed by atoms with Gasteiger partial charge in [0.2, 0.25) is 0 Å². The number of aromatic nitrogens is 1. The van der Waals surface area contributed by atoms with Crippen LogP contribution in [0.2, 0.25) is 0 Å². The molecule has 1 aliphatic carbocycles. The maximum absolute atomic E-state index is 12.5. The summed E-state index contributed by atoms with van der Waals surface area (Å²) in [6.45, 7) is 6.65. The molecule has 3 rings (SSSR count). The quantitative estimate of drug-likeness (QED) is 0.808. The molecule has 1 aromatic heterocycles. The zero-order valence-electron chi connectivity index (χ0n) is 12.9. The molecule has 1 fully saturated rings. The molecule has 0 bridgehead atoms. The zero-order chi connectivity index (χ0) is 15.2. The van der Waals surface area contributed by atoms with Crippen LogP contribution in [0.3, 0.4) is 0 Å². The number of amides is 1. The van der Waals surface area contributed by atoms with E-state index in [0.29, 0.717) is 18.0 Å². The Labute approximate surface area is 125 Å². The van der Waals surface area contributed by atoms with Crippen LogP contribution in [0, 0.1) is 19.8 Å². The number of aromatic amines is 1. The Balaban J connectivity index is 1.89. The van der Waals surface area contributed by atoms with E-state index < -0.39 is 0 Å². The van der Waals surface area contributed by atoms with Crippen molar-refractivity contribution in [3.05, 3.63) is 35.0 Å². The summed E-state index contributed by atoms with van der Waals surface area (Å²) in [4.78, 5) is 15.9. The van der Waals surface area contributed by atoms with E-state index in [0.717, 1.165) is 29.4 Å². The van der Waals surface area contributed by atoms with Crippen LogP contribution < -0.4 is 11.1 Å². The number of hydrogen-bond donors (Lipinski definition) is 3. The maximum Gasteiger partial charge on any atom is 0.251 e. The van der Waals surface area contributed by atoms with Crippen molar-refractivity contribution in [2.24, 2.45) is 11.7 Å². The Morgan fingerprint density at radius 3 is 2.76 bits per heavy atom. The van der Waals surface area contributed by atoms with Gasteiger partial charge in [-0.05, 0) is 63.3 Å². The summed E-state index contributed by atoms with van der Waals surface area (Å²) >= 11 is 0. The molecule has 21 heavy (non-hydrogen) atoms. The molecule has 1 aromatic carbocycles. The predicted molar refractivity (Wildman–Crippen MR) is 85.4 cm³/mol. The molecule has 4 nitrogen and oxygen atoms in total. The first-order valence-electron chi connectivity index (χ1n) is 7.56. The largest absolute Gasteiger partial charge is 0.358 e. The minimum atomic E-state index is -0.283. The number of carbonyl (C=O) groups excluding carboxylic acids is 1. The fraction of sp³-hybridized carbons (Fsp3) is 0.471. The van der Waals surface area contributed by atoms with Crippen molar-refractivity contribution in [1.82, 2.24) is 10.3 Å². The molecule has 1 aliphatic rings. The van der Waals surface area contributed by atoms with E-state index in [-0.39, 0.29) is 11.4 Å². The van der Waals surface area contributed by atoms with E-state index in [1.54, 1.807) is 0 Å². The lowest BCUT2D eigenvalue weighted by Crippen LogP contribution is -2.53. The van der Waals surface area contributed by atoms with Crippen LogP contribution in [0.25, 0.3) is 10.9 Å². The fourth-order valence-electron chi connectivity index (χ4n) is 2.97. The number of hydrogen-bond acceptors (Lipinski definition) is 2. The van der Waals surface area contributed by atoms with Gasteiger partial charge >= 0.3 is 0 Å². The first-order valence-corrected chi connectivity index (χ1v) is 7.56. The Bertz CT molecular complexity index is 699. The number of benzene rings is 1. The topological polar surface area (TPSA) is 70.9 Å². The van der Waals surface area contributed by atoms with Gasteiger partial charge in [0.1, 0.15) is 0 Å². The summed E-state index contributed by atoms with van der Waals surface area (Å²) in [6.07, 6.45) is 2.31. The van der Waals surface area contributed by atoms with Gasteiger partial charge in [-0.25, -0.2) is 0 Å². The molecule has 4 heteroatoms. The number of nitrogens with two attached hydrogens (primary N) is 1. The fourth-order valence-corrected chi connectivity index (χ4v) is 2.97. The third kappa shape index (κ3) is 2.44. The van der Waals surface area contributed by atoms with Crippen molar-refractivity contribution in [3.8, 4) is 0 Å². The van der Waals surface area contributed by atoms with Crippen LogP contribution in [0.1, 0.15) is 41.4 Å². The van der Waals surface area contributed by atoms with Gasteiger partial charge in [-0.3, -0.25) is 4.79 Å². The highest BCUT2D eigenvalue weighted by Gasteiger charge is 2.41. The minimum absolute atomic E-state index is 0.0324. The molecule has 0 radical (unpaired) electrons. The first-order chi connectivity index (χ1) is 9.94. The number of aryl methyl sites for hydroxylation is 2. The Morgan fingerprint density at radius 1 is 1.43 bits per heavy atom. The monoisotopic (exact) mass is 285 g/mol. The van der Waals surface area contributed by atoms with Gasteiger partial charge in [-0.15, -0.1) is 0 Å². The molecule has 1 heterocycles. The standard InChI is InChI=1S/C17H23N3O/c1-10-11(2)19-15-7-4-12(8-14(10)15)16(21)20-17(3,9-18)13-5-6-13/h4,7-8,13,19H,5-6,9,18H2,1-3H3,(H,20,21). The molecule has 0 spiro atoms. The van der Waals surface area contributed by atoms with Crippen LogP contribution in [0.15, 0.2) is 18.2 Å². The summed E-state index contributed by atoms with van der Waals surface area (Å²) in [6, 6.07) is 5.81. The zero-order valence-corrected chi connectivity index (χ0v) is 12.9. The smallest absolute Gasteiger partial charge is 0.251 e. The number of fused-ring (bicyclic) bond motifs is 1. The van der Waals surface area contributed by atoms with Gasteiger partial charge < -0.3 is 16.0 Å². The predicted octanol–water partition coefficient (Wildman–Crippen LogP) is 2.64. The van der Waals surface area contributed by atoms with Crippen molar-refractivity contribution in [3.63, 3.8) is 0 Å². The van der Waals surface area contributed by atoms with Gasteiger partial charge in [0.15, 0.2) is 0 Å². The first kappa shape index (κ1) is 14.1. The molecule has 1 amide bonds. The summed E-state index contributed by atoms with van der Waals surface area (Å²) in [5.74, 6) is 0.487. The Morgan fingerprint density at radius 2 is 2.14 bits per heavy atom. The lowest BCUT2D eigenvalue weighted by molar-refractivity contribution is 0.0898. The third-order valence-electron chi connectivity index (χ3n) is 4.87. The van der Waals surface area contributed by atoms with Gasteiger partial charge in [-0.2, -0.15) is 0 Å². The van der Waals surface area contributed by atoms with Gasteiger partial charge in [0.25, 0.3) is 5.91 Å². The molecular formula is C17H23N3O. The lowest BCUT2D eigenvalue weighted by atomic mass is 9.95. The molecule has 2 aromatic rings. The Kier molecular flexibility index (Phi) is 3.29. The molecule has 4 N–H and O–H groups in total. The number of H-pyrrole nitrogens is 1. The second kappa shape index (κ2) is 4.88. The van der Waals surface area contributed by atoms with E-state index in [1.807, 2.05) is 32.0 Å². The average molecular weight is 285 g/mol. The normalized spacial score (nSPS) is 17.7. The van der Waals surface area contributed by atoms with Gasteiger partial charge in [0, 0.05) is 28.7 Å². The SMILES string of the molecule is Cc1[nH]c2ccc(C(=O)NC(C)(CN)C3CC3)cc2c1C. The Hall–Kier alpha value is -1.81. The number of rotatable bonds is 4. The molecule has 1 unspecified atom stereocenters. The molecule has 112 valence electrons. The highest BCUT2D eigenvalue weighted by Crippen LogP contribution is 2.39. The average Bonchev–Trinajstić information content (AvgIpc) is 3.28. The van der Waals surface area contributed by atoms with E-state index in [2.05, 4.69) is 17.2 Å². The summed E-state index contributed by atoms with van der Waals surface area (Å²) < 4.78 is 0. The lowest BCUT2D eigenvalue weighted by Gasteiger charge is -2.29. The maximum atomic E-state index is 12.5. The highest BCUT2D eigenvalue weighted by molar-refractivity contribution is 5.99. The summed E-state index contributed by atoms with van der Waals surface area (Å²) in [5, 5.41) is 4.25. The van der Waals surface area contributed by atoms with Gasteiger partial charge in [-0.1, -0.05) is 0 Å². The van der Waals surface area contributed by atoms with Crippen molar-refractivity contribution in [2.75, 3.05) is 6.54 Å². The van der Waals surface area contributed by atoms with Crippen LogP contribution in [0.4, 0.5) is 0 Å². The van der Waals surface area contributed by atoms with Crippen molar-refractivity contribution in [2.45, 2.75) is 39.2 Å². The van der Waals surface area contributed by atoms with Crippen LogP contribution in [-0.2, 0) is 0 Å². The van der Waals surface area contributed by atoms with Crippen LogP contribution in [-0.4, -0.2) is 23.0 Å². The van der Waals surface area contributed by atoms with Crippen molar-refractivity contribution in [1.29, 1.82) is 0 Å². The van der Waals surface area contributed by atoms with E-state index in [9.17, 15) is 4.79 Å². The number of nitrogens with one attached hydrogen (secondary N) is 2. The molecule has 0 aliphatic heterocycles. The van der Waals surface area contributed by atoms with E-state index in [4.69, 9.17) is 5.73 Å². The van der Waals surface area contributed by atoms with Crippen molar-refractivity contribution < 1.29 is 4.79 Å². The van der Waals surface area contributed by atoms with Crippen molar-refractivity contribution >= 4 is 16.8 Å². The molecular weight excluding hydrogens is 262 g/mol.